The molecule has 2 aromatic carbocycles. The van der Waals surface area contributed by atoms with Crippen molar-refractivity contribution in [1.82, 2.24) is 9.55 Å². The lowest BCUT2D eigenvalue weighted by molar-refractivity contribution is -0.125. The Morgan fingerprint density at radius 1 is 1.15 bits per heavy atom. The molecule has 3 aromatic rings. The molecule has 1 fully saturated rings. The van der Waals surface area contributed by atoms with Gasteiger partial charge in [-0.3, -0.25) is 4.57 Å². The van der Waals surface area contributed by atoms with Crippen LogP contribution in [0.1, 0.15) is 23.8 Å². The van der Waals surface area contributed by atoms with E-state index in [1.165, 1.54) is 10.8 Å². The van der Waals surface area contributed by atoms with Crippen LogP contribution in [0.2, 0.25) is 0 Å². The molecule has 170 valence electrons. The molecule has 1 aromatic heterocycles. The number of aromatic nitrogens is 2. The molecule has 1 aliphatic rings. The van der Waals surface area contributed by atoms with Crippen LogP contribution < -0.4 is 11.4 Å². The molecule has 8 nitrogen and oxygen atoms in total. The summed E-state index contributed by atoms with van der Waals surface area (Å²) in [6.07, 6.45) is 0.392. The Bertz CT molecular complexity index is 1180. The number of nitrogen functional groups attached to an aromatic ring is 1. The summed E-state index contributed by atoms with van der Waals surface area (Å²) >= 11 is 3.29. The Hall–Kier alpha value is -3.03. The number of benzene rings is 2. The van der Waals surface area contributed by atoms with Crippen LogP contribution in [0.5, 0.6) is 0 Å². The van der Waals surface area contributed by atoms with Crippen LogP contribution in [0.4, 0.5) is 5.82 Å². The SMILES string of the molecule is N#C[C@]1(COCc2ccccc2)O[C@@H](n2cc(Br)c(N)nc2=O)C[C@@H]1OCc1ccccc1. The average molecular weight is 511 g/mol. The molecule has 0 spiro atoms. The van der Waals surface area contributed by atoms with Gasteiger partial charge in [-0.15, -0.1) is 0 Å². The number of nitrogens with two attached hydrogens (primary N) is 1. The van der Waals surface area contributed by atoms with Gasteiger partial charge in [-0.2, -0.15) is 10.2 Å². The van der Waals surface area contributed by atoms with E-state index < -0.39 is 23.6 Å². The molecule has 3 atom stereocenters. The van der Waals surface area contributed by atoms with E-state index in [0.717, 1.165) is 11.1 Å². The molecule has 0 saturated carbocycles. The summed E-state index contributed by atoms with van der Waals surface area (Å²) in [4.78, 5) is 16.3. The summed E-state index contributed by atoms with van der Waals surface area (Å²) < 4.78 is 19.9. The Morgan fingerprint density at radius 3 is 2.42 bits per heavy atom. The number of anilines is 1. The Morgan fingerprint density at radius 2 is 1.79 bits per heavy atom. The van der Waals surface area contributed by atoms with Crippen molar-refractivity contribution in [2.75, 3.05) is 12.3 Å². The Kier molecular flexibility index (Phi) is 7.20. The smallest absolute Gasteiger partial charge is 0.351 e. The Labute approximate surface area is 199 Å². The topological polar surface area (TPSA) is 112 Å². The van der Waals surface area contributed by atoms with Gasteiger partial charge in [0.15, 0.2) is 0 Å². The molecule has 1 aliphatic heterocycles. The van der Waals surface area contributed by atoms with E-state index in [1.54, 1.807) is 0 Å². The van der Waals surface area contributed by atoms with E-state index in [9.17, 15) is 10.1 Å². The van der Waals surface area contributed by atoms with E-state index in [4.69, 9.17) is 19.9 Å². The number of hydrogen-bond donors (Lipinski definition) is 1. The summed E-state index contributed by atoms with van der Waals surface area (Å²) in [6.45, 7) is 0.591. The maximum atomic E-state index is 12.5. The van der Waals surface area contributed by atoms with Crippen molar-refractivity contribution in [2.45, 2.75) is 37.6 Å². The molecular formula is C24H23BrN4O4. The maximum absolute atomic E-state index is 12.5. The van der Waals surface area contributed by atoms with E-state index in [0.29, 0.717) is 17.7 Å². The number of halogens is 1. The second-order valence-corrected chi connectivity index (χ2v) is 8.59. The van der Waals surface area contributed by atoms with Crippen molar-refractivity contribution in [3.05, 3.63) is 92.9 Å². The number of rotatable bonds is 8. The summed E-state index contributed by atoms with van der Waals surface area (Å²) in [5.41, 5.74) is 5.69. The zero-order valence-corrected chi connectivity index (χ0v) is 19.3. The van der Waals surface area contributed by atoms with Gasteiger partial charge in [-0.05, 0) is 27.1 Å². The maximum Gasteiger partial charge on any atom is 0.351 e. The second kappa shape index (κ2) is 10.3. The van der Waals surface area contributed by atoms with Gasteiger partial charge >= 0.3 is 5.69 Å². The average Bonchev–Trinajstić information content (AvgIpc) is 3.20. The molecule has 9 heteroatoms. The number of nitrogens with zero attached hydrogens (tertiary/aromatic N) is 3. The zero-order chi connectivity index (χ0) is 23.3. The zero-order valence-electron chi connectivity index (χ0n) is 17.8. The first kappa shape index (κ1) is 23.1. The van der Waals surface area contributed by atoms with Crippen LogP contribution in [0.25, 0.3) is 0 Å². The molecule has 33 heavy (non-hydrogen) atoms. The fourth-order valence-electron chi connectivity index (χ4n) is 3.70. The number of hydrogen-bond acceptors (Lipinski definition) is 7. The lowest BCUT2D eigenvalue weighted by Gasteiger charge is -2.27. The molecule has 0 aliphatic carbocycles. The monoisotopic (exact) mass is 510 g/mol. The van der Waals surface area contributed by atoms with Gasteiger partial charge in [0.1, 0.15) is 24.2 Å². The molecule has 0 radical (unpaired) electrons. The van der Waals surface area contributed by atoms with E-state index >= 15 is 0 Å². The van der Waals surface area contributed by atoms with Crippen molar-refractivity contribution >= 4 is 21.7 Å². The summed E-state index contributed by atoms with van der Waals surface area (Å²) in [5, 5.41) is 10.1. The molecular weight excluding hydrogens is 488 g/mol. The standard InChI is InChI=1S/C24H23BrN4O4/c25-19-12-29(23(30)28-22(19)27)21-11-20(32-14-18-9-5-2-6-10-18)24(15-26,33-21)16-31-13-17-7-3-1-4-8-17/h1-10,12,20-21H,11,13-14,16H2,(H2,27,28,30)/t20-,21+,24+/m0/s1. The normalized spacial score (nSPS) is 22.2. The predicted octanol–water partition coefficient (Wildman–Crippen LogP) is 3.57. The quantitative estimate of drug-likeness (QED) is 0.492. The number of ether oxygens (including phenoxy) is 3. The molecule has 2 N–H and O–H groups in total. The molecule has 4 rings (SSSR count). The molecule has 2 heterocycles. The largest absolute Gasteiger partial charge is 0.383 e. The number of nitriles is 1. The van der Waals surface area contributed by atoms with Gasteiger partial charge in [0.2, 0.25) is 5.60 Å². The summed E-state index contributed by atoms with van der Waals surface area (Å²) in [7, 11) is 0. The molecule has 0 unspecified atom stereocenters. The first-order chi connectivity index (χ1) is 16.0. The fraction of sp³-hybridized carbons (Fsp3) is 0.292. The van der Waals surface area contributed by atoms with Crippen LogP contribution in [0.15, 0.2) is 76.1 Å². The van der Waals surface area contributed by atoms with Gasteiger partial charge in [0.05, 0.1) is 24.3 Å². The highest BCUT2D eigenvalue weighted by Crippen LogP contribution is 2.39. The third-order valence-electron chi connectivity index (χ3n) is 5.44. The van der Waals surface area contributed by atoms with Crippen LogP contribution in [-0.2, 0) is 27.4 Å². The van der Waals surface area contributed by atoms with Crippen molar-refractivity contribution in [3.8, 4) is 6.07 Å². The highest BCUT2D eigenvalue weighted by molar-refractivity contribution is 9.10. The lowest BCUT2D eigenvalue weighted by Crippen LogP contribution is -2.44. The van der Waals surface area contributed by atoms with Gasteiger partial charge in [-0.25, -0.2) is 4.79 Å². The lowest BCUT2D eigenvalue weighted by atomic mass is 9.99. The highest BCUT2D eigenvalue weighted by Gasteiger charge is 2.51. The predicted molar refractivity (Wildman–Crippen MR) is 125 cm³/mol. The third kappa shape index (κ3) is 5.31. The molecule has 1 saturated heterocycles. The molecule has 0 amide bonds. The minimum absolute atomic E-state index is 0.0212. The van der Waals surface area contributed by atoms with Crippen LogP contribution in [0, 0.1) is 11.3 Å². The third-order valence-corrected chi connectivity index (χ3v) is 6.05. The van der Waals surface area contributed by atoms with Gasteiger partial charge in [0.25, 0.3) is 0 Å². The first-order valence-electron chi connectivity index (χ1n) is 10.4. The fourth-order valence-corrected chi connectivity index (χ4v) is 4.01. The molecule has 0 bridgehead atoms. The first-order valence-corrected chi connectivity index (χ1v) is 11.2. The van der Waals surface area contributed by atoms with Crippen molar-refractivity contribution < 1.29 is 14.2 Å². The van der Waals surface area contributed by atoms with Gasteiger partial charge < -0.3 is 19.9 Å². The van der Waals surface area contributed by atoms with Gasteiger partial charge in [0, 0.05) is 12.6 Å². The highest BCUT2D eigenvalue weighted by atomic mass is 79.9. The van der Waals surface area contributed by atoms with E-state index in [1.807, 2.05) is 60.7 Å². The van der Waals surface area contributed by atoms with E-state index in [-0.39, 0.29) is 18.8 Å². The minimum Gasteiger partial charge on any atom is -0.383 e. The second-order valence-electron chi connectivity index (χ2n) is 7.74. The van der Waals surface area contributed by atoms with Crippen molar-refractivity contribution in [2.24, 2.45) is 0 Å². The van der Waals surface area contributed by atoms with Crippen LogP contribution in [0.3, 0.4) is 0 Å². The van der Waals surface area contributed by atoms with Crippen molar-refractivity contribution in [1.29, 1.82) is 5.26 Å². The van der Waals surface area contributed by atoms with E-state index in [2.05, 4.69) is 27.0 Å². The van der Waals surface area contributed by atoms with Crippen molar-refractivity contribution in [3.63, 3.8) is 0 Å². The van der Waals surface area contributed by atoms with Crippen LogP contribution in [-0.4, -0.2) is 27.9 Å². The van der Waals surface area contributed by atoms with Crippen LogP contribution >= 0.6 is 15.9 Å². The van der Waals surface area contributed by atoms with Gasteiger partial charge in [-0.1, -0.05) is 60.7 Å². The summed E-state index contributed by atoms with van der Waals surface area (Å²) in [5.74, 6) is 0.0869. The minimum atomic E-state index is -1.40. The summed E-state index contributed by atoms with van der Waals surface area (Å²) in [6, 6.07) is 21.6. The Balaban J connectivity index is 1.56.